The van der Waals surface area contributed by atoms with E-state index in [-0.39, 0.29) is 0 Å². The van der Waals surface area contributed by atoms with Crippen LogP contribution in [0.1, 0.15) is 26.2 Å². The second kappa shape index (κ2) is 3.38. The third-order valence-electron chi connectivity index (χ3n) is 1.44. The van der Waals surface area contributed by atoms with Gasteiger partial charge in [0.1, 0.15) is 0 Å². The molecule has 9 heavy (non-hydrogen) atoms. The molecule has 0 fully saturated rings. The van der Waals surface area contributed by atoms with Crippen molar-refractivity contribution in [1.29, 1.82) is 0 Å². The first-order chi connectivity index (χ1) is 4.39. The highest BCUT2D eigenvalue weighted by Crippen LogP contribution is 2.08. The van der Waals surface area contributed by atoms with Gasteiger partial charge >= 0.3 is 0 Å². The number of hydrogen-bond donors (Lipinski definition) is 0. The lowest BCUT2D eigenvalue weighted by Gasteiger charge is -1.99. The second-order valence-corrected chi connectivity index (χ2v) is 2.41. The van der Waals surface area contributed by atoms with Gasteiger partial charge in [-0.05, 0) is 26.2 Å². The van der Waals surface area contributed by atoms with E-state index >= 15 is 0 Å². The number of rotatable bonds is 0. The van der Waals surface area contributed by atoms with E-state index in [1.165, 1.54) is 24.8 Å². The average molecular weight is 124 g/mol. The zero-order chi connectivity index (χ0) is 6.53. The largest absolute Gasteiger partial charge is 0.189 e. The van der Waals surface area contributed by atoms with Gasteiger partial charge in [-0.1, -0.05) is 5.57 Å². The van der Waals surface area contributed by atoms with Crippen LogP contribution in [-0.4, -0.2) is 6.54 Å². The standard InChI is InChI=1S/C7H12N2/c1-7-4-2-3-5-8-9-6-7/h6H,2-5H2,1H3. The van der Waals surface area contributed by atoms with E-state index in [0.717, 1.165) is 6.54 Å². The topological polar surface area (TPSA) is 24.7 Å². The van der Waals surface area contributed by atoms with Crippen molar-refractivity contribution in [3.63, 3.8) is 0 Å². The zero-order valence-corrected chi connectivity index (χ0v) is 5.80. The SMILES string of the molecule is CC1=CN=NCCCC1. The summed E-state index contributed by atoms with van der Waals surface area (Å²) in [6.07, 6.45) is 5.51. The Morgan fingerprint density at radius 2 is 2.33 bits per heavy atom. The molecule has 0 saturated heterocycles. The van der Waals surface area contributed by atoms with E-state index in [1.807, 2.05) is 6.20 Å². The van der Waals surface area contributed by atoms with Crippen LogP contribution in [0.2, 0.25) is 0 Å². The molecule has 1 aliphatic heterocycles. The summed E-state index contributed by atoms with van der Waals surface area (Å²) in [4.78, 5) is 0. The lowest BCUT2D eigenvalue weighted by atomic mass is 10.1. The minimum atomic E-state index is 0.907. The van der Waals surface area contributed by atoms with Crippen LogP contribution < -0.4 is 0 Å². The van der Waals surface area contributed by atoms with Gasteiger partial charge in [0.05, 0.1) is 6.54 Å². The van der Waals surface area contributed by atoms with Gasteiger partial charge in [-0.25, -0.2) is 0 Å². The monoisotopic (exact) mass is 124 g/mol. The third kappa shape index (κ3) is 2.40. The fourth-order valence-electron chi connectivity index (χ4n) is 0.848. The summed E-state index contributed by atoms with van der Waals surface area (Å²) in [7, 11) is 0. The molecule has 2 nitrogen and oxygen atoms in total. The van der Waals surface area contributed by atoms with Gasteiger partial charge in [-0.3, -0.25) is 0 Å². The van der Waals surface area contributed by atoms with Crippen molar-refractivity contribution in [2.75, 3.05) is 6.54 Å². The van der Waals surface area contributed by atoms with Gasteiger partial charge in [0.15, 0.2) is 0 Å². The van der Waals surface area contributed by atoms with Crippen molar-refractivity contribution < 1.29 is 0 Å². The van der Waals surface area contributed by atoms with Gasteiger partial charge in [0.25, 0.3) is 0 Å². The van der Waals surface area contributed by atoms with Crippen LogP contribution in [0.25, 0.3) is 0 Å². The fourth-order valence-corrected chi connectivity index (χ4v) is 0.848. The molecular formula is C7H12N2. The van der Waals surface area contributed by atoms with Gasteiger partial charge in [-0.15, -0.1) is 0 Å². The van der Waals surface area contributed by atoms with Crippen LogP contribution in [0.15, 0.2) is 22.0 Å². The highest BCUT2D eigenvalue weighted by Gasteiger charge is 1.92. The minimum Gasteiger partial charge on any atom is -0.189 e. The van der Waals surface area contributed by atoms with E-state index in [4.69, 9.17) is 0 Å². The molecule has 1 rings (SSSR count). The maximum Gasteiger partial charge on any atom is 0.0603 e. The molecule has 0 unspecified atom stereocenters. The van der Waals surface area contributed by atoms with E-state index in [2.05, 4.69) is 17.2 Å². The Kier molecular flexibility index (Phi) is 2.43. The average Bonchev–Trinajstić information content (AvgIpc) is 1.79. The summed E-state index contributed by atoms with van der Waals surface area (Å²) in [6, 6.07) is 0. The Labute approximate surface area is 55.7 Å². The lowest BCUT2D eigenvalue weighted by molar-refractivity contribution is 0.707. The van der Waals surface area contributed by atoms with Gasteiger partial charge < -0.3 is 0 Å². The van der Waals surface area contributed by atoms with Gasteiger partial charge in [0, 0.05) is 6.20 Å². The molecule has 0 bridgehead atoms. The van der Waals surface area contributed by atoms with Crippen LogP contribution in [0.5, 0.6) is 0 Å². The molecule has 0 saturated carbocycles. The number of allylic oxidation sites excluding steroid dienone is 1. The van der Waals surface area contributed by atoms with Crippen LogP contribution in [0.4, 0.5) is 0 Å². The Morgan fingerprint density at radius 1 is 1.44 bits per heavy atom. The summed E-state index contributed by atoms with van der Waals surface area (Å²) < 4.78 is 0. The van der Waals surface area contributed by atoms with Crippen molar-refractivity contribution in [2.45, 2.75) is 26.2 Å². The van der Waals surface area contributed by atoms with Gasteiger partial charge in [-0.2, -0.15) is 10.2 Å². The highest BCUT2D eigenvalue weighted by molar-refractivity contribution is 4.96. The summed E-state index contributed by atoms with van der Waals surface area (Å²) in [5.74, 6) is 0. The summed E-state index contributed by atoms with van der Waals surface area (Å²) in [6.45, 7) is 3.01. The molecule has 0 atom stereocenters. The maximum atomic E-state index is 3.93. The van der Waals surface area contributed by atoms with Crippen molar-refractivity contribution in [3.8, 4) is 0 Å². The maximum absolute atomic E-state index is 3.93. The van der Waals surface area contributed by atoms with Crippen LogP contribution in [-0.2, 0) is 0 Å². The predicted octanol–water partition coefficient (Wildman–Crippen LogP) is 2.53. The Hall–Kier alpha value is -0.660. The van der Waals surface area contributed by atoms with Crippen molar-refractivity contribution in [2.24, 2.45) is 10.2 Å². The third-order valence-corrected chi connectivity index (χ3v) is 1.44. The molecule has 0 radical (unpaired) electrons. The van der Waals surface area contributed by atoms with Gasteiger partial charge in [0.2, 0.25) is 0 Å². The number of nitrogens with zero attached hydrogens (tertiary/aromatic N) is 2. The quantitative estimate of drug-likeness (QED) is 0.474. The van der Waals surface area contributed by atoms with Crippen molar-refractivity contribution in [1.82, 2.24) is 0 Å². The summed E-state index contributed by atoms with van der Waals surface area (Å²) >= 11 is 0. The molecule has 2 heteroatoms. The van der Waals surface area contributed by atoms with E-state index in [0.29, 0.717) is 0 Å². The lowest BCUT2D eigenvalue weighted by Crippen LogP contribution is -1.85. The van der Waals surface area contributed by atoms with E-state index in [1.54, 1.807) is 0 Å². The molecule has 0 N–H and O–H groups in total. The Bertz CT molecular complexity index is 136. The molecule has 0 spiro atoms. The molecule has 0 aliphatic carbocycles. The highest BCUT2D eigenvalue weighted by atomic mass is 15.1. The molecule has 0 amide bonds. The molecule has 50 valence electrons. The predicted molar refractivity (Wildman–Crippen MR) is 37.3 cm³/mol. The molecule has 0 aromatic carbocycles. The van der Waals surface area contributed by atoms with E-state index < -0.39 is 0 Å². The first-order valence-electron chi connectivity index (χ1n) is 3.42. The molecule has 0 aromatic rings. The fraction of sp³-hybridized carbons (Fsp3) is 0.714. The summed E-state index contributed by atoms with van der Waals surface area (Å²) in [5, 5.41) is 7.80. The van der Waals surface area contributed by atoms with Crippen molar-refractivity contribution in [3.05, 3.63) is 11.8 Å². The smallest absolute Gasteiger partial charge is 0.0603 e. The second-order valence-electron chi connectivity index (χ2n) is 2.41. The van der Waals surface area contributed by atoms with Crippen LogP contribution >= 0.6 is 0 Å². The number of hydrogen-bond acceptors (Lipinski definition) is 2. The van der Waals surface area contributed by atoms with Crippen molar-refractivity contribution >= 4 is 0 Å². The summed E-state index contributed by atoms with van der Waals surface area (Å²) in [5.41, 5.74) is 1.35. The molecule has 0 aromatic heterocycles. The molecular weight excluding hydrogens is 112 g/mol. The number of azo groups is 1. The van der Waals surface area contributed by atoms with Crippen LogP contribution in [0, 0.1) is 0 Å². The normalized spacial score (nSPS) is 20.3. The molecule has 1 aliphatic rings. The Balaban J connectivity index is 2.48. The van der Waals surface area contributed by atoms with E-state index in [9.17, 15) is 0 Å². The van der Waals surface area contributed by atoms with Crippen LogP contribution in [0.3, 0.4) is 0 Å². The zero-order valence-electron chi connectivity index (χ0n) is 5.80. The minimum absolute atomic E-state index is 0.907. The first kappa shape index (κ1) is 6.46. The first-order valence-corrected chi connectivity index (χ1v) is 3.42. The Morgan fingerprint density at radius 3 is 3.22 bits per heavy atom. The molecule has 1 heterocycles.